The van der Waals surface area contributed by atoms with Crippen LogP contribution in [0.3, 0.4) is 0 Å². The molecule has 0 fully saturated rings. The standard InChI is InChI=1S/C12H20N6/c1-6-12(2,3)18(5)10-8-9(15-7-14-8)16-11(13-4)17-10/h7H,6H2,1-5H3,(H2,13,14,15,16,17). The molecule has 0 aromatic carbocycles. The Labute approximate surface area is 107 Å². The molecule has 0 saturated heterocycles. The summed E-state index contributed by atoms with van der Waals surface area (Å²) in [6, 6.07) is 0. The van der Waals surface area contributed by atoms with Crippen LogP contribution < -0.4 is 10.2 Å². The normalized spacial score (nSPS) is 11.8. The maximum atomic E-state index is 4.54. The predicted molar refractivity (Wildman–Crippen MR) is 74.0 cm³/mol. The number of imidazole rings is 1. The maximum Gasteiger partial charge on any atom is 0.226 e. The Hall–Kier alpha value is -1.85. The summed E-state index contributed by atoms with van der Waals surface area (Å²) in [4.78, 5) is 18.3. The highest BCUT2D eigenvalue weighted by molar-refractivity contribution is 5.84. The summed E-state index contributed by atoms with van der Waals surface area (Å²) < 4.78 is 0. The van der Waals surface area contributed by atoms with E-state index in [1.54, 1.807) is 6.33 Å². The van der Waals surface area contributed by atoms with E-state index in [0.717, 1.165) is 17.8 Å². The van der Waals surface area contributed by atoms with Gasteiger partial charge in [0.25, 0.3) is 0 Å². The van der Waals surface area contributed by atoms with Crippen molar-refractivity contribution in [2.75, 3.05) is 24.3 Å². The molecular weight excluding hydrogens is 228 g/mol. The second kappa shape index (κ2) is 4.44. The van der Waals surface area contributed by atoms with E-state index in [2.05, 4.69) is 50.9 Å². The Morgan fingerprint density at radius 2 is 2.11 bits per heavy atom. The van der Waals surface area contributed by atoms with E-state index >= 15 is 0 Å². The van der Waals surface area contributed by atoms with Gasteiger partial charge in [0.05, 0.1) is 6.33 Å². The molecule has 2 rings (SSSR count). The van der Waals surface area contributed by atoms with Crippen molar-refractivity contribution in [2.45, 2.75) is 32.7 Å². The van der Waals surface area contributed by atoms with Crippen LogP contribution in [0, 0.1) is 0 Å². The molecular formula is C12H20N6. The Morgan fingerprint density at radius 3 is 2.72 bits per heavy atom. The zero-order valence-corrected chi connectivity index (χ0v) is 11.6. The number of aromatic nitrogens is 4. The summed E-state index contributed by atoms with van der Waals surface area (Å²) in [5.41, 5.74) is 1.58. The molecule has 0 bridgehead atoms. The fourth-order valence-electron chi connectivity index (χ4n) is 1.70. The third-order valence-electron chi connectivity index (χ3n) is 3.58. The van der Waals surface area contributed by atoms with Gasteiger partial charge >= 0.3 is 0 Å². The van der Waals surface area contributed by atoms with Gasteiger partial charge in [-0.05, 0) is 20.3 Å². The van der Waals surface area contributed by atoms with Crippen LogP contribution in [-0.2, 0) is 0 Å². The summed E-state index contributed by atoms with van der Waals surface area (Å²) in [5, 5.41) is 2.97. The van der Waals surface area contributed by atoms with Crippen molar-refractivity contribution in [3.63, 3.8) is 0 Å². The first kappa shape index (κ1) is 12.6. The van der Waals surface area contributed by atoms with Gasteiger partial charge in [0.15, 0.2) is 11.5 Å². The van der Waals surface area contributed by atoms with Crippen LogP contribution in [0.5, 0.6) is 0 Å². The van der Waals surface area contributed by atoms with E-state index in [4.69, 9.17) is 0 Å². The lowest BCUT2D eigenvalue weighted by molar-refractivity contribution is 0.468. The molecule has 2 N–H and O–H groups in total. The maximum absolute atomic E-state index is 4.54. The molecule has 0 aliphatic rings. The second-order valence-corrected chi connectivity index (χ2v) is 4.95. The zero-order chi connectivity index (χ0) is 13.3. The molecule has 0 amide bonds. The van der Waals surface area contributed by atoms with Crippen molar-refractivity contribution in [3.05, 3.63) is 6.33 Å². The lowest BCUT2D eigenvalue weighted by atomic mass is 10.00. The predicted octanol–water partition coefficient (Wildman–Crippen LogP) is 2.02. The molecule has 6 nitrogen and oxygen atoms in total. The summed E-state index contributed by atoms with van der Waals surface area (Å²) in [5.74, 6) is 1.46. The van der Waals surface area contributed by atoms with Crippen LogP contribution in [0.4, 0.5) is 11.8 Å². The van der Waals surface area contributed by atoms with E-state index in [1.165, 1.54) is 0 Å². The fraction of sp³-hybridized carbons (Fsp3) is 0.583. The van der Waals surface area contributed by atoms with Crippen LogP contribution >= 0.6 is 0 Å². The monoisotopic (exact) mass is 248 g/mol. The van der Waals surface area contributed by atoms with Gasteiger partial charge < -0.3 is 15.2 Å². The number of nitrogens with zero attached hydrogens (tertiary/aromatic N) is 4. The number of aromatic amines is 1. The smallest absolute Gasteiger partial charge is 0.226 e. The molecule has 0 radical (unpaired) electrons. The Bertz CT molecular complexity index is 544. The lowest BCUT2D eigenvalue weighted by Crippen LogP contribution is -2.41. The number of rotatable bonds is 4. The second-order valence-electron chi connectivity index (χ2n) is 4.95. The largest absolute Gasteiger partial charge is 0.357 e. The van der Waals surface area contributed by atoms with Crippen LogP contribution in [0.15, 0.2) is 6.33 Å². The van der Waals surface area contributed by atoms with E-state index < -0.39 is 0 Å². The van der Waals surface area contributed by atoms with Gasteiger partial charge in [0, 0.05) is 19.6 Å². The van der Waals surface area contributed by atoms with Gasteiger partial charge in [0.1, 0.15) is 5.52 Å². The van der Waals surface area contributed by atoms with Gasteiger partial charge in [0.2, 0.25) is 5.95 Å². The van der Waals surface area contributed by atoms with E-state index in [0.29, 0.717) is 11.6 Å². The summed E-state index contributed by atoms with van der Waals surface area (Å²) in [7, 11) is 3.86. The molecule has 2 heterocycles. The van der Waals surface area contributed by atoms with Crippen molar-refractivity contribution >= 4 is 22.9 Å². The molecule has 0 spiro atoms. The van der Waals surface area contributed by atoms with Crippen LogP contribution in [0.2, 0.25) is 0 Å². The quantitative estimate of drug-likeness (QED) is 0.866. The molecule has 18 heavy (non-hydrogen) atoms. The Kier molecular flexibility index (Phi) is 3.11. The lowest BCUT2D eigenvalue weighted by Gasteiger charge is -2.35. The van der Waals surface area contributed by atoms with Crippen molar-refractivity contribution in [1.82, 2.24) is 19.9 Å². The topological polar surface area (TPSA) is 69.7 Å². The average molecular weight is 248 g/mol. The van der Waals surface area contributed by atoms with Crippen molar-refractivity contribution in [1.29, 1.82) is 0 Å². The Morgan fingerprint density at radius 1 is 1.39 bits per heavy atom. The number of hydrogen-bond donors (Lipinski definition) is 2. The molecule has 0 unspecified atom stereocenters. The molecule has 0 saturated carbocycles. The summed E-state index contributed by atoms with van der Waals surface area (Å²) in [6.45, 7) is 6.55. The van der Waals surface area contributed by atoms with E-state index in [9.17, 15) is 0 Å². The minimum absolute atomic E-state index is 0.0252. The number of anilines is 2. The van der Waals surface area contributed by atoms with Crippen molar-refractivity contribution in [3.8, 4) is 0 Å². The number of H-pyrrole nitrogens is 1. The number of nitrogens with one attached hydrogen (secondary N) is 2. The molecule has 6 heteroatoms. The first-order valence-corrected chi connectivity index (χ1v) is 6.12. The highest BCUT2D eigenvalue weighted by atomic mass is 15.3. The fourth-order valence-corrected chi connectivity index (χ4v) is 1.70. The SMILES string of the molecule is CCC(C)(C)N(C)c1nc(NC)nc2nc[nH]c12. The van der Waals surface area contributed by atoms with Crippen LogP contribution in [-0.4, -0.2) is 39.6 Å². The first-order valence-electron chi connectivity index (χ1n) is 6.12. The zero-order valence-electron chi connectivity index (χ0n) is 11.6. The van der Waals surface area contributed by atoms with E-state index in [-0.39, 0.29) is 5.54 Å². The van der Waals surface area contributed by atoms with Crippen molar-refractivity contribution < 1.29 is 0 Å². The molecule has 2 aromatic rings. The van der Waals surface area contributed by atoms with Gasteiger partial charge in [-0.25, -0.2) is 4.98 Å². The third kappa shape index (κ3) is 1.98. The van der Waals surface area contributed by atoms with Gasteiger partial charge in [-0.1, -0.05) is 6.92 Å². The molecule has 98 valence electrons. The molecule has 2 aromatic heterocycles. The number of hydrogen-bond acceptors (Lipinski definition) is 5. The first-order chi connectivity index (χ1) is 8.49. The Balaban J connectivity index is 2.58. The van der Waals surface area contributed by atoms with Crippen LogP contribution in [0.25, 0.3) is 11.2 Å². The van der Waals surface area contributed by atoms with Crippen LogP contribution in [0.1, 0.15) is 27.2 Å². The third-order valence-corrected chi connectivity index (χ3v) is 3.58. The van der Waals surface area contributed by atoms with Gasteiger partial charge in [-0.3, -0.25) is 0 Å². The summed E-state index contributed by atoms with van der Waals surface area (Å²) in [6.07, 6.45) is 2.67. The molecule has 0 aliphatic heterocycles. The average Bonchev–Trinajstić information content (AvgIpc) is 2.84. The van der Waals surface area contributed by atoms with E-state index in [1.807, 2.05) is 14.1 Å². The number of fused-ring (bicyclic) bond motifs is 1. The van der Waals surface area contributed by atoms with Crippen molar-refractivity contribution in [2.24, 2.45) is 0 Å². The summed E-state index contributed by atoms with van der Waals surface area (Å²) >= 11 is 0. The highest BCUT2D eigenvalue weighted by Crippen LogP contribution is 2.28. The minimum atomic E-state index is 0.0252. The van der Waals surface area contributed by atoms with Gasteiger partial charge in [-0.2, -0.15) is 9.97 Å². The van der Waals surface area contributed by atoms with Gasteiger partial charge in [-0.15, -0.1) is 0 Å². The molecule has 0 aliphatic carbocycles. The molecule has 0 atom stereocenters. The highest BCUT2D eigenvalue weighted by Gasteiger charge is 2.25. The minimum Gasteiger partial charge on any atom is -0.357 e.